The van der Waals surface area contributed by atoms with Gasteiger partial charge in [0.2, 0.25) is 5.91 Å². The first-order valence-corrected chi connectivity index (χ1v) is 33.7. The lowest BCUT2D eigenvalue weighted by atomic mass is 10.0. The van der Waals surface area contributed by atoms with Crippen molar-refractivity contribution >= 4 is 5.91 Å². The molecule has 0 saturated carbocycles. The fourth-order valence-electron chi connectivity index (χ4n) is 9.88. The van der Waals surface area contributed by atoms with Gasteiger partial charge in [-0.15, -0.1) is 0 Å². The third-order valence-electron chi connectivity index (χ3n) is 15.0. The Morgan fingerprint density at radius 2 is 0.564 bits per heavy atom. The third-order valence-corrected chi connectivity index (χ3v) is 15.0. The van der Waals surface area contributed by atoms with Gasteiger partial charge in [-0.2, -0.15) is 0 Å². The molecule has 0 bridgehead atoms. The molecule has 4 nitrogen and oxygen atoms in total. The molecule has 0 aliphatic heterocycles. The molecule has 1 amide bonds. The van der Waals surface area contributed by atoms with Crippen molar-refractivity contribution in [1.29, 1.82) is 0 Å². The van der Waals surface area contributed by atoms with Crippen molar-refractivity contribution < 1.29 is 15.0 Å². The van der Waals surface area contributed by atoms with Crippen molar-refractivity contribution in [2.24, 2.45) is 0 Å². The van der Waals surface area contributed by atoms with E-state index >= 15 is 0 Å². The molecule has 0 aromatic rings. The van der Waals surface area contributed by atoms with E-state index in [9.17, 15) is 15.0 Å². The van der Waals surface area contributed by atoms with Gasteiger partial charge >= 0.3 is 0 Å². The van der Waals surface area contributed by atoms with Crippen LogP contribution in [-0.2, 0) is 4.79 Å². The molecule has 2 unspecified atom stereocenters. The summed E-state index contributed by atoms with van der Waals surface area (Å²) in [4.78, 5) is 12.5. The average Bonchev–Trinajstić information content (AvgIpc) is 3.44. The molecule has 2 atom stereocenters. The molecule has 0 rings (SSSR count). The molecule has 0 aliphatic carbocycles. The summed E-state index contributed by atoms with van der Waals surface area (Å²) >= 11 is 0. The zero-order valence-corrected chi connectivity index (χ0v) is 51.7. The summed E-state index contributed by atoms with van der Waals surface area (Å²) in [5.74, 6) is -0.0657. The van der Waals surface area contributed by atoms with Crippen molar-refractivity contribution in [2.75, 3.05) is 6.61 Å². The summed E-state index contributed by atoms with van der Waals surface area (Å²) in [6.07, 6.45) is 104. The topological polar surface area (TPSA) is 69.6 Å². The summed E-state index contributed by atoms with van der Waals surface area (Å²) in [5.41, 5.74) is 0. The highest BCUT2D eigenvalue weighted by Gasteiger charge is 2.18. The predicted molar refractivity (Wildman–Crippen MR) is 349 cm³/mol. The van der Waals surface area contributed by atoms with Gasteiger partial charge in [-0.05, 0) is 89.9 Å². The molecule has 0 fully saturated rings. The Balaban J connectivity index is 3.54. The van der Waals surface area contributed by atoms with Crippen LogP contribution in [0.15, 0.2) is 122 Å². The second-order valence-electron chi connectivity index (χ2n) is 22.5. The van der Waals surface area contributed by atoms with Gasteiger partial charge in [0.15, 0.2) is 0 Å². The van der Waals surface area contributed by atoms with Gasteiger partial charge in [0, 0.05) is 6.42 Å². The van der Waals surface area contributed by atoms with Crippen LogP contribution in [0.3, 0.4) is 0 Å². The van der Waals surface area contributed by atoms with Crippen LogP contribution in [0.5, 0.6) is 0 Å². The van der Waals surface area contributed by atoms with Gasteiger partial charge in [0.25, 0.3) is 0 Å². The van der Waals surface area contributed by atoms with E-state index in [-0.39, 0.29) is 12.5 Å². The first-order valence-electron chi connectivity index (χ1n) is 33.7. The SMILES string of the molecule is CC/C=C\C/C=C\C/C=C\C/C=C\C/C=C\C/C=C\C/C=C\C/C=C\C/C=C\CCCCCCCCCCCCCCCC(=O)NC(CO)C(O)/C=C/CCCCCCCCCCCCCCCCCCCCCCCCC. The van der Waals surface area contributed by atoms with E-state index in [2.05, 4.69) is 129 Å². The Morgan fingerprint density at radius 1 is 0.321 bits per heavy atom. The van der Waals surface area contributed by atoms with Crippen LogP contribution in [0.2, 0.25) is 0 Å². The number of amides is 1. The average molecular weight is 1080 g/mol. The van der Waals surface area contributed by atoms with E-state index in [0.717, 1.165) is 83.5 Å². The van der Waals surface area contributed by atoms with Crippen molar-refractivity contribution in [2.45, 2.75) is 334 Å². The number of carbonyl (C=O) groups excluding carboxylic acids is 1. The number of nitrogens with one attached hydrogen (secondary N) is 1. The zero-order valence-electron chi connectivity index (χ0n) is 51.7. The molecule has 0 saturated heterocycles. The molecular weight excluding hydrogens is 951 g/mol. The number of allylic oxidation sites excluding steroid dienone is 19. The standard InChI is InChI=1S/C74H129NO3/c1-3-5-7-9-11-13-15-17-19-21-23-25-27-29-30-31-32-33-34-35-36-37-38-39-40-41-42-43-44-46-48-50-52-54-56-58-60-62-64-66-68-70-74(78)75-72(71-76)73(77)69-67-65-63-61-59-57-55-53-51-49-47-45-28-26-24-22-20-18-16-14-12-10-8-6-4-2/h5,7,11,13,17,19,23,25,29-30,32-33,35-36,38-39,41-42,67,69,72-73,76-77H,3-4,6,8-10,12,14-16,18,20-22,24,26-28,31,34,37,40,43-66,68,70-71H2,1-2H3,(H,75,78)/b7-5-,13-11-,19-17-,25-23-,30-29-,33-32-,36-35-,39-38-,42-41-,69-67+. The third kappa shape index (κ3) is 63.6. The normalized spacial score (nSPS) is 13.5. The number of hydrogen-bond acceptors (Lipinski definition) is 3. The van der Waals surface area contributed by atoms with E-state index in [0.29, 0.717) is 6.42 Å². The second-order valence-corrected chi connectivity index (χ2v) is 22.5. The predicted octanol–water partition coefficient (Wildman–Crippen LogP) is 23.2. The van der Waals surface area contributed by atoms with Crippen LogP contribution in [0.4, 0.5) is 0 Å². The molecule has 0 spiro atoms. The number of rotatable bonds is 61. The molecule has 448 valence electrons. The van der Waals surface area contributed by atoms with Gasteiger partial charge in [0.1, 0.15) is 0 Å². The van der Waals surface area contributed by atoms with E-state index < -0.39 is 12.1 Å². The first-order chi connectivity index (χ1) is 38.7. The van der Waals surface area contributed by atoms with E-state index in [1.807, 2.05) is 6.08 Å². The van der Waals surface area contributed by atoms with Crippen LogP contribution < -0.4 is 5.32 Å². The largest absolute Gasteiger partial charge is 0.394 e. The van der Waals surface area contributed by atoms with Crippen molar-refractivity contribution in [3.8, 4) is 0 Å². The quantitative estimate of drug-likeness (QED) is 0.0420. The van der Waals surface area contributed by atoms with E-state index in [1.165, 1.54) is 218 Å². The maximum absolute atomic E-state index is 12.5. The maximum Gasteiger partial charge on any atom is 0.220 e. The number of unbranched alkanes of at least 4 members (excludes halogenated alkanes) is 36. The maximum atomic E-state index is 12.5. The van der Waals surface area contributed by atoms with Gasteiger partial charge in [0.05, 0.1) is 18.8 Å². The fourth-order valence-corrected chi connectivity index (χ4v) is 9.88. The van der Waals surface area contributed by atoms with Crippen LogP contribution in [0, 0.1) is 0 Å². The summed E-state index contributed by atoms with van der Waals surface area (Å²) in [7, 11) is 0. The van der Waals surface area contributed by atoms with Gasteiger partial charge < -0.3 is 15.5 Å². The summed E-state index contributed by atoms with van der Waals surface area (Å²) in [6, 6.07) is -0.631. The van der Waals surface area contributed by atoms with Crippen LogP contribution in [-0.4, -0.2) is 34.9 Å². The van der Waals surface area contributed by atoms with Crippen LogP contribution >= 0.6 is 0 Å². The van der Waals surface area contributed by atoms with Crippen LogP contribution in [0.1, 0.15) is 322 Å². The van der Waals surface area contributed by atoms with Gasteiger partial charge in [-0.3, -0.25) is 4.79 Å². The molecule has 78 heavy (non-hydrogen) atoms. The summed E-state index contributed by atoms with van der Waals surface area (Å²) < 4.78 is 0. The Kier molecular flexibility index (Phi) is 65.3. The Morgan fingerprint density at radius 3 is 0.846 bits per heavy atom. The molecule has 3 N–H and O–H groups in total. The molecule has 0 aromatic carbocycles. The lowest BCUT2D eigenvalue weighted by Gasteiger charge is -2.20. The molecule has 0 radical (unpaired) electrons. The molecular formula is C74H129NO3. The summed E-state index contributed by atoms with van der Waals surface area (Å²) in [6.45, 7) is 4.22. The number of aliphatic hydroxyl groups is 2. The number of hydrogen-bond donors (Lipinski definition) is 3. The van der Waals surface area contributed by atoms with E-state index in [4.69, 9.17) is 0 Å². The second kappa shape index (κ2) is 68.1. The van der Waals surface area contributed by atoms with E-state index in [1.54, 1.807) is 6.08 Å². The minimum atomic E-state index is -0.847. The van der Waals surface area contributed by atoms with Crippen molar-refractivity contribution in [1.82, 2.24) is 5.32 Å². The Bertz CT molecular complexity index is 1510. The monoisotopic (exact) mass is 1080 g/mol. The zero-order chi connectivity index (χ0) is 56.2. The minimum Gasteiger partial charge on any atom is -0.394 e. The fraction of sp³-hybridized carbons (Fsp3) is 0.716. The highest BCUT2D eigenvalue weighted by atomic mass is 16.3. The molecule has 0 aromatic heterocycles. The van der Waals surface area contributed by atoms with Crippen molar-refractivity contribution in [3.63, 3.8) is 0 Å². The highest BCUT2D eigenvalue weighted by molar-refractivity contribution is 5.76. The highest BCUT2D eigenvalue weighted by Crippen LogP contribution is 2.17. The number of carbonyl (C=O) groups is 1. The molecule has 0 aliphatic rings. The lowest BCUT2D eigenvalue weighted by Crippen LogP contribution is -2.45. The minimum absolute atomic E-state index is 0.0657. The molecule has 0 heterocycles. The van der Waals surface area contributed by atoms with Crippen molar-refractivity contribution in [3.05, 3.63) is 122 Å². The Labute approximate surface area is 486 Å². The van der Waals surface area contributed by atoms with Gasteiger partial charge in [-0.1, -0.05) is 347 Å². The first kappa shape index (κ1) is 74.8. The van der Waals surface area contributed by atoms with Gasteiger partial charge in [-0.25, -0.2) is 0 Å². The smallest absolute Gasteiger partial charge is 0.220 e. The molecule has 4 heteroatoms. The lowest BCUT2D eigenvalue weighted by molar-refractivity contribution is -0.123. The van der Waals surface area contributed by atoms with Crippen LogP contribution in [0.25, 0.3) is 0 Å². The number of aliphatic hydroxyl groups excluding tert-OH is 2. The summed E-state index contributed by atoms with van der Waals surface area (Å²) in [5, 5.41) is 23.3. The Hall–Kier alpha value is -3.21.